The third kappa shape index (κ3) is 5.36. The van der Waals surface area contributed by atoms with E-state index in [0.717, 1.165) is 11.1 Å². The van der Waals surface area contributed by atoms with Gasteiger partial charge in [0.15, 0.2) is 0 Å². The molecule has 0 radical (unpaired) electrons. The van der Waals surface area contributed by atoms with Crippen molar-refractivity contribution in [2.45, 2.75) is 26.4 Å². The summed E-state index contributed by atoms with van der Waals surface area (Å²) in [6, 6.07) is 3.32. The van der Waals surface area contributed by atoms with Crippen LogP contribution in [0.4, 0.5) is 10.5 Å². The van der Waals surface area contributed by atoms with Crippen molar-refractivity contribution in [3.63, 3.8) is 0 Å². The quantitative estimate of drug-likeness (QED) is 0.756. The largest absolute Gasteiger partial charge is 0.391 e. The fourth-order valence-electron chi connectivity index (χ4n) is 1.82. The van der Waals surface area contributed by atoms with Crippen molar-refractivity contribution in [3.05, 3.63) is 28.3 Å². The molecule has 2 amide bonds. The summed E-state index contributed by atoms with van der Waals surface area (Å²) in [4.78, 5) is 11.7. The molecule has 0 bridgehead atoms. The van der Waals surface area contributed by atoms with Crippen LogP contribution < -0.4 is 10.6 Å². The molecule has 1 aromatic carbocycles. The lowest BCUT2D eigenvalue weighted by atomic mass is 10.1. The Labute approximate surface area is 124 Å². The number of nitrogens with one attached hydrogen (secondary N) is 2. The van der Waals surface area contributed by atoms with Gasteiger partial charge >= 0.3 is 6.03 Å². The van der Waals surface area contributed by atoms with Crippen molar-refractivity contribution in [3.8, 4) is 0 Å². The van der Waals surface area contributed by atoms with Crippen LogP contribution in [0, 0.1) is 13.8 Å². The zero-order valence-electron chi connectivity index (χ0n) is 12.0. The number of carbonyl (C=O) groups is 1. The molecule has 0 spiro atoms. The van der Waals surface area contributed by atoms with E-state index >= 15 is 0 Å². The molecule has 1 rings (SSSR count). The average Bonchev–Trinajstić information content (AvgIpc) is 2.36. The highest BCUT2D eigenvalue weighted by Crippen LogP contribution is 2.24. The van der Waals surface area contributed by atoms with Crippen molar-refractivity contribution in [2.24, 2.45) is 0 Å². The number of anilines is 1. The highest BCUT2D eigenvalue weighted by Gasteiger charge is 2.07. The molecule has 0 fully saturated rings. The Balaban J connectivity index is 2.43. The average molecular weight is 301 g/mol. The number of halogens is 1. The number of ether oxygens (including phenoxy) is 1. The minimum absolute atomic E-state index is 0.263. The summed E-state index contributed by atoms with van der Waals surface area (Å²) in [5.74, 6) is 0. The van der Waals surface area contributed by atoms with Gasteiger partial charge in [-0.1, -0.05) is 11.6 Å². The standard InChI is InChI=1S/C14H21ClN2O3/c1-9-6-11(7-10(2)13(9)15)17-14(19)16-5-4-12(18)8-20-3/h6-7,12,18H,4-5,8H2,1-3H3,(H2,16,17,19). The van der Waals surface area contributed by atoms with Gasteiger partial charge in [-0.2, -0.15) is 0 Å². The molecule has 0 saturated heterocycles. The molecule has 0 heterocycles. The number of aliphatic hydroxyl groups is 1. The van der Waals surface area contributed by atoms with Gasteiger partial charge in [0.05, 0.1) is 12.7 Å². The summed E-state index contributed by atoms with van der Waals surface area (Å²) in [5.41, 5.74) is 2.52. The number of rotatable bonds is 6. The molecule has 0 aliphatic carbocycles. The molecule has 0 aliphatic heterocycles. The van der Waals surface area contributed by atoms with Gasteiger partial charge in [0.2, 0.25) is 0 Å². The number of benzene rings is 1. The Kier molecular flexibility index (Phi) is 6.78. The second-order valence-corrected chi connectivity index (χ2v) is 5.08. The molecule has 20 heavy (non-hydrogen) atoms. The van der Waals surface area contributed by atoms with E-state index in [2.05, 4.69) is 10.6 Å². The molecular weight excluding hydrogens is 280 g/mol. The van der Waals surface area contributed by atoms with Gasteiger partial charge in [0.25, 0.3) is 0 Å². The molecule has 0 aromatic heterocycles. The molecule has 1 atom stereocenters. The fourth-order valence-corrected chi connectivity index (χ4v) is 1.93. The van der Waals surface area contributed by atoms with Crippen LogP contribution in [0.1, 0.15) is 17.5 Å². The summed E-state index contributed by atoms with van der Waals surface area (Å²) in [6.07, 6.45) is -0.125. The maximum absolute atomic E-state index is 11.7. The zero-order valence-corrected chi connectivity index (χ0v) is 12.8. The van der Waals surface area contributed by atoms with Crippen molar-refractivity contribution >= 4 is 23.3 Å². The number of hydrogen-bond acceptors (Lipinski definition) is 3. The maximum Gasteiger partial charge on any atom is 0.319 e. The maximum atomic E-state index is 11.7. The van der Waals surface area contributed by atoms with E-state index in [-0.39, 0.29) is 12.6 Å². The smallest absolute Gasteiger partial charge is 0.319 e. The number of aliphatic hydroxyl groups excluding tert-OH is 1. The lowest BCUT2D eigenvalue weighted by Gasteiger charge is -2.12. The van der Waals surface area contributed by atoms with Crippen molar-refractivity contribution in [1.29, 1.82) is 0 Å². The van der Waals surface area contributed by atoms with Crippen LogP contribution >= 0.6 is 11.6 Å². The van der Waals surface area contributed by atoms with E-state index in [0.29, 0.717) is 23.7 Å². The highest BCUT2D eigenvalue weighted by atomic mass is 35.5. The number of urea groups is 1. The summed E-state index contributed by atoms with van der Waals surface area (Å²) in [7, 11) is 1.52. The van der Waals surface area contributed by atoms with Gasteiger partial charge in [-0.25, -0.2) is 4.79 Å². The molecule has 1 unspecified atom stereocenters. The monoisotopic (exact) mass is 300 g/mol. The summed E-state index contributed by atoms with van der Waals surface area (Å²) in [5, 5.41) is 15.6. The van der Waals surface area contributed by atoms with E-state index in [1.54, 1.807) is 0 Å². The predicted molar refractivity (Wildman–Crippen MR) is 80.4 cm³/mol. The predicted octanol–water partition coefficient (Wildman–Crippen LogP) is 2.48. The number of hydrogen-bond donors (Lipinski definition) is 3. The Morgan fingerprint density at radius 3 is 2.55 bits per heavy atom. The highest BCUT2D eigenvalue weighted by molar-refractivity contribution is 6.32. The van der Waals surface area contributed by atoms with Crippen LogP contribution in [0.25, 0.3) is 0 Å². The molecule has 1 aromatic rings. The van der Waals surface area contributed by atoms with Gasteiger partial charge in [0, 0.05) is 24.4 Å². The SMILES string of the molecule is COCC(O)CCNC(=O)Nc1cc(C)c(Cl)c(C)c1. The Morgan fingerprint density at radius 2 is 2.00 bits per heavy atom. The second-order valence-electron chi connectivity index (χ2n) is 4.70. The lowest BCUT2D eigenvalue weighted by molar-refractivity contribution is 0.0599. The van der Waals surface area contributed by atoms with E-state index in [9.17, 15) is 9.90 Å². The van der Waals surface area contributed by atoms with Crippen LogP contribution in [0.3, 0.4) is 0 Å². The lowest BCUT2D eigenvalue weighted by Crippen LogP contribution is -2.32. The fraction of sp³-hybridized carbons (Fsp3) is 0.500. The van der Waals surface area contributed by atoms with Crippen LogP contribution in [0.2, 0.25) is 5.02 Å². The van der Waals surface area contributed by atoms with Crippen LogP contribution in [0.15, 0.2) is 12.1 Å². The number of carbonyl (C=O) groups excluding carboxylic acids is 1. The van der Waals surface area contributed by atoms with Gasteiger partial charge in [-0.05, 0) is 43.5 Å². The molecule has 5 nitrogen and oxygen atoms in total. The van der Waals surface area contributed by atoms with Crippen LogP contribution in [0.5, 0.6) is 0 Å². The van der Waals surface area contributed by atoms with Crippen molar-refractivity contribution < 1.29 is 14.6 Å². The Hall–Kier alpha value is -1.30. The van der Waals surface area contributed by atoms with Crippen LogP contribution in [-0.4, -0.2) is 37.5 Å². The van der Waals surface area contributed by atoms with Crippen molar-refractivity contribution in [2.75, 3.05) is 25.6 Å². The Morgan fingerprint density at radius 1 is 1.40 bits per heavy atom. The van der Waals surface area contributed by atoms with E-state index < -0.39 is 6.10 Å². The molecule has 112 valence electrons. The van der Waals surface area contributed by atoms with E-state index in [4.69, 9.17) is 16.3 Å². The number of amides is 2. The van der Waals surface area contributed by atoms with E-state index in [1.165, 1.54) is 7.11 Å². The first-order valence-corrected chi connectivity index (χ1v) is 6.80. The number of aryl methyl sites for hydroxylation is 2. The molecular formula is C14H21ClN2O3. The van der Waals surface area contributed by atoms with Gasteiger partial charge in [-0.15, -0.1) is 0 Å². The topological polar surface area (TPSA) is 70.6 Å². The Bertz CT molecular complexity index is 443. The third-order valence-corrected chi connectivity index (χ3v) is 3.41. The molecule has 0 aliphatic rings. The first-order valence-electron chi connectivity index (χ1n) is 6.42. The van der Waals surface area contributed by atoms with Crippen LogP contribution in [-0.2, 0) is 4.74 Å². The van der Waals surface area contributed by atoms with Gasteiger partial charge in [-0.3, -0.25) is 0 Å². The van der Waals surface area contributed by atoms with Crippen molar-refractivity contribution in [1.82, 2.24) is 5.32 Å². The number of methoxy groups -OCH3 is 1. The second kappa shape index (κ2) is 8.09. The molecule has 3 N–H and O–H groups in total. The first-order chi connectivity index (χ1) is 9.43. The zero-order chi connectivity index (χ0) is 15.1. The molecule has 0 saturated carbocycles. The van der Waals surface area contributed by atoms with Gasteiger partial charge in [0.1, 0.15) is 0 Å². The minimum atomic E-state index is -0.569. The summed E-state index contributed by atoms with van der Waals surface area (Å²) in [6.45, 7) is 4.42. The first kappa shape index (κ1) is 16.8. The normalized spacial score (nSPS) is 12.1. The minimum Gasteiger partial charge on any atom is -0.391 e. The van der Waals surface area contributed by atoms with Gasteiger partial charge < -0.3 is 20.5 Å². The third-order valence-electron chi connectivity index (χ3n) is 2.82. The summed E-state index contributed by atoms with van der Waals surface area (Å²) < 4.78 is 4.80. The molecule has 6 heteroatoms. The van der Waals surface area contributed by atoms with E-state index in [1.807, 2.05) is 26.0 Å². The summed E-state index contributed by atoms with van der Waals surface area (Å²) >= 11 is 6.07.